The molecule has 2 aromatic rings. The second kappa shape index (κ2) is 10.4. The van der Waals surface area contributed by atoms with Crippen molar-refractivity contribution in [3.63, 3.8) is 0 Å². The van der Waals surface area contributed by atoms with Crippen molar-refractivity contribution in [2.45, 2.75) is 17.4 Å². The summed E-state index contributed by atoms with van der Waals surface area (Å²) in [6.45, 7) is 0.451. The van der Waals surface area contributed by atoms with Crippen LogP contribution in [-0.4, -0.2) is 36.5 Å². The highest BCUT2D eigenvalue weighted by Gasteiger charge is 2.16. The summed E-state index contributed by atoms with van der Waals surface area (Å²) in [5.41, 5.74) is 8.00. The molecular weight excluding hydrogens is 392 g/mol. The lowest BCUT2D eigenvalue weighted by atomic mass is 10.1. The number of rotatable bonds is 8. The zero-order valence-corrected chi connectivity index (χ0v) is 17.2. The number of primary amides is 1. The van der Waals surface area contributed by atoms with E-state index in [1.807, 2.05) is 41.7 Å². The Hall–Kier alpha value is -2.12. The fraction of sp³-hybridized carbons (Fsp3) is 0.333. The number of nitrogens with one attached hydrogen (secondary N) is 1. The number of hydrogen-bond donors (Lipinski definition) is 2. The van der Waals surface area contributed by atoms with E-state index in [1.165, 1.54) is 23.5 Å². The van der Waals surface area contributed by atoms with E-state index in [1.54, 1.807) is 18.2 Å². The lowest BCUT2D eigenvalue weighted by Crippen LogP contribution is -2.30. The van der Waals surface area contributed by atoms with E-state index in [-0.39, 0.29) is 12.5 Å². The highest BCUT2D eigenvalue weighted by atomic mass is 32.2. The van der Waals surface area contributed by atoms with Gasteiger partial charge in [-0.15, -0.1) is 23.5 Å². The first kappa shape index (κ1) is 20.6. The average Bonchev–Trinajstić information content (AvgIpc) is 2.73. The average molecular weight is 417 g/mol. The molecule has 2 amide bonds. The summed E-state index contributed by atoms with van der Waals surface area (Å²) >= 11 is 3.96. The minimum absolute atomic E-state index is 0.0202. The Kier molecular flexibility index (Phi) is 7.68. The molecule has 7 heteroatoms. The van der Waals surface area contributed by atoms with Crippen LogP contribution in [0.5, 0.6) is 5.75 Å². The molecule has 148 valence electrons. The summed E-state index contributed by atoms with van der Waals surface area (Å²) in [5.74, 6) is 2.49. The van der Waals surface area contributed by atoms with Crippen LogP contribution in [0, 0.1) is 0 Å². The van der Waals surface area contributed by atoms with Crippen LogP contribution < -0.4 is 15.8 Å². The van der Waals surface area contributed by atoms with E-state index in [2.05, 4.69) is 17.4 Å². The molecule has 0 aliphatic carbocycles. The normalized spacial score (nSPS) is 14.4. The quantitative estimate of drug-likeness (QED) is 0.689. The Balaban J connectivity index is 1.39. The van der Waals surface area contributed by atoms with Crippen LogP contribution in [0.2, 0.25) is 0 Å². The Bertz CT molecular complexity index is 806. The van der Waals surface area contributed by atoms with Crippen LogP contribution in [0.25, 0.3) is 0 Å². The van der Waals surface area contributed by atoms with Crippen molar-refractivity contribution in [1.82, 2.24) is 5.32 Å². The van der Waals surface area contributed by atoms with Gasteiger partial charge in [0.05, 0.1) is 4.58 Å². The fourth-order valence-electron chi connectivity index (χ4n) is 2.83. The maximum atomic E-state index is 12.0. The summed E-state index contributed by atoms with van der Waals surface area (Å²) in [7, 11) is 0. The van der Waals surface area contributed by atoms with Gasteiger partial charge in [0.2, 0.25) is 5.91 Å². The summed E-state index contributed by atoms with van der Waals surface area (Å²) in [4.78, 5) is 23.2. The monoisotopic (exact) mass is 416 g/mol. The SMILES string of the molecule is NC(=O)c1cccc(CCNC(=O)COc2ccc(C3SCCCS3)cc2)c1. The molecule has 1 aliphatic heterocycles. The van der Waals surface area contributed by atoms with Crippen molar-refractivity contribution >= 4 is 35.3 Å². The second-order valence-corrected chi connectivity index (χ2v) is 9.17. The van der Waals surface area contributed by atoms with Gasteiger partial charge >= 0.3 is 0 Å². The first-order valence-electron chi connectivity index (χ1n) is 9.23. The molecule has 1 heterocycles. The van der Waals surface area contributed by atoms with Crippen molar-refractivity contribution in [3.05, 3.63) is 65.2 Å². The zero-order valence-electron chi connectivity index (χ0n) is 15.6. The maximum absolute atomic E-state index is 12.0. The van der Waals surface area contributed by atoms with Gasteiger partial charge in [-0.1, -0.05) is 24.3 Å². The molecule has 0 unspecified atom stereocenters. The van der Waals surface area contributed by atoms with Crippen LogP contribution >= 0.6 is 23.5 Å². The van der Waals surface area contributed by atoms with Gasteiger partial charge in [0.1, 0.15) is 5.75 Å². The number of thioether (sulfide) groups is 2. The Labute approximate surface area is 173 Å². The molecule has 3 rings (SSSR count). The number of carbonyl (C=O) groups excluding carboxylic acids is 2. The molecule has 2 aromatic carbocycles. The van der Waals surface area contributed by atoms with E-state index in [9.17, 15) is 9.59 Å². The lowest BCUT2D eigenvalue weighted by molar-refractivity contribution is -0.123. The van der Waals surface area contributed by atoms with Gasteiger partial charge in [-0.25, -0.2) is 0 Å². The Morgan fingerprint density at radius 2 is 1.86 bits per heavy atom. The number of amides is 2. The highest BCUT2D eigenvalue weighted by Crippen LogP contribution is 2.43. The van der Waals surface area contributed by atoms with Crippen molar-refractivity contribution in [2.75, 3.05) is 24.7 Å². The van der Waals surface area contributed by atoms with Crippen LogP contribution in [0.4, 0.5) is 0 Å². The third-order valence-electron chi connectivity index (χ3n) is 4.30. The molecule has 0 radical (unpaired) electrons. The molecule has 0 spiro atoms. The number of carbonyl (C=O) groups is 2. The lowest BCUT2D eigenvalue weighted by Gasteiger charge is -2.21. The Morgan fingerprint density at radius 3 is 2.57 bits per heavy atom. The summed E-state index contributed by atoms with van der Waals surface area (Å²) in [6, 6.07) is 15.1. The van der Waals surface area contributed by atoms with Crippen LogP contribution in [-0.2, 0) is 11.2 Å². The minimum Gasteiger partial charge on any atom is -0.484 e. The summed E-state index contributed by atoms with van der Waals surface area (Å²) in [6.07, 6.45) is 1.90. The third-order valence-corrected chi connectivity index (χ3v) is 7.31. The van der Waals surface area contributed by atoms with Crippen molar-refractivity contribution in [1.29, 1.82) is 0 Å². The topological polar surface area (TPSA) is 81.4 Å². The van der Waals surface area contributed by atoms with Gasteiger partial charge in [0.15, 0.2) is 6.61 Å². The number of nitrogens with two attached hydrogens (primary N) is 1. The smallest absolute Gasteiger partial charge is 0.257 e. The van der Waals surface area contributed by atoms with E-state index in [0.717, 1.165) is 5.56 Å². The molecule has 0 saturated carbocycles. The molecule has 1 saturated heterocycles. The van der Waals surface area contributed by atoms with Gasteiger partial charge in [0.25, 0.3) is 5.91 Å². The standard InChI is InChI=1S/C21H24N2O3S2/c22-20(25)17-4-1-3-15(13-17)9-10-23-19(24)14-26-18-7-5-16(6-8-18)21-27-11-2-12-28-21/h1,3-8,13,21H,2,9-12,14H2,(H2,22,25)(H,23,24). The molecule has 0 atom stereocenters. The highest BCUT2D eigenvalue weighted by molar-refractivity contribution is 8.16. The van der Waals surface area contributed by atoms with Crippen molar-refractivity contribution < 1.29 is 14.3 Å². The molecule has 5 nitrogen and oxygen atoms in total. The molecule has 28 heavy (non-hydrogen) atoms. The van der Waals surface area contributed by atoms with E-state index in [4.69, 9.17) is 10.5 Å². The number of benzene rings is 2. The van der Waals surface area contributed by atoms with Gasteiger partial charge in [-0.3, -0.25) is 9.59 Å². The predicted octanol–water partition coefficient (Wildman–Crippen LogP) is 3.39. The first-order valence-corrected chi connectivity index (χ1v) is 11.3. The first-order chi connectivity index (χ1) is 13.6. The largest absolute Gasteiger partial charge is 0.484 e. The van der Waals surface area contributed by atoms with Crippen LogP contribution in [0.3, 0.4) is 0 Å². The van der Waals surface area contributed by atoms with Crippen LogP contribution in [0.1, 0.15) is 32.5 Å². The van der Waals surface area contributed by atoms with Gasteiger partial charge in [-0.05, 0) is 59.7 Å². The van der Waals surface area contributed by atoms with E-state index < -0.39 is 5.91 Å². The summed E-state index contributed by atoms with van der Waals surface area (Å²) < 4.78 is 6.08. The van der Waals surface area contributed by atoms with Gasteiger partial charge in [0, 0.05) is 12.1 Å². The maximum Gasteiger partial charge on any atom is 0.257 e. The molecule has 3 N–H and O–H groups in total. The predicted molar refractivity (Wildman–Crippen MR) is 116 cm³/mol. The van der Waals surface area contributed by atoms with E-state index in [0.29, 0.717) is 28.9 Å². The van der Waals surface area contributed by atoms with Crippen molar-refractivity contribution in [3.8, 4) is 5.75 Å². The fourth-order valence-corrected chi connectivity index (χ4v) is 5.72. The van der Waals surface area contributed by atoms with Gasteiger partial charge in [-0.2, -0.15) is 0 Å². The molecule has 0 aromatic heterocycles. The molecule has 1 fully saturated rings. The molecule has 1 aliphatic rings. The number of ether oxygens (including phenoxy) is 1. The minimum atomic E-state index is -0.453. The summed E-state index contributed by atoms with van der Waals surface area (Å²) in [5, 5.41) is 2.83. The number of hydrogen-bond acceptors (Lipinski definition) is 5. The zero-order chi connectivity index (χ0) is 19.8. The Morgan fingerprint density at radius 1 is 1.11 bits per heavy atom. The van der Waals surface area contributed by atoms with Crippen LogP contribution in [0.15, 0.2) is 48.5 Å². The third kappa shape index (κ3) is 6.21. The molecular formula is C21H24N2O3S2. The van der Waals surface area contributed by atoms with Gasteiger partial charge < -0.3 is 15.8 Å². The second-order valence-electron chi connectivity index (χ2n) is 6.45. The van der Waals surface area contributed by atoms with E-state index >= 15 is 0 Å². The molecule has 0 bridgehead atoms. The van der Waals surface area contributed by atoms with Crippen molar-refractivity contribution in [2.24, 2.45) is 5.73 Å².